The molecule has 2 N–H and O–H groups in total. The number of urea groups is 1. The average molecular weight is 399 g/mol. The summed E-state index contributed by atoms with van der Waals surface area (Å²) in [5, 5.41) is 7.76. The van der Waals surface area contributed by atoms with Gasteiger partial charge in [-0.05, 0) is 37.8 Å². The summed E-state index contributed by atoms with van der Waals surface area (Å²) in [5.74, 6) is 1.60. The second-order valence-electron chi connectivity index (χ2n) is 8.02. The van der Waals surface area contributed by atoms with Gasteiger partial charge in [0.15, 0.2) is 0 Å². The highest BCUT2D eigenvalue weighted by Gasteiger charge is 2.25. The molecular weight excluding hydrogens is 368 g/mol. The number of hydrogen-bond donors (Lipinski definition) is 2. The smallest absolute Gasteiger partial charge is 0.317 e. The number of carbonyl (C=O) groups excluding carboxylic acids is 1. The fourth-order valence-corrected chi connectivity index (χ4v) is 4.06. The van der Waals surface area contributed by atoms with Gasteiger partial charge in [0.05, 0.1) is 18.7 Å². The molecule has 1 aromatic carbocycles. The maximum absolute atomic E-state index is 12.4. The monoisotopic (exact) mass is 398 g/mol. The Morgan fingerprint density at radius 1 is 1.07 bits per heavy atom. The highest BCUT2D eigenvalue weighted by atomic mass is 16.5. The van der Waals surface area contributed by atoms with Crippen molar-refractivity contribution in [2.24, 2.45) is 0 Å². The molecule has 0 atom stereocenters. The van der Waals surface area contributed by atoms with E-state index in [1.54, 1.807) is 0 Å². The molecule has 0 unspecified atom stereocenters. The number of benzene rings is 1. The summed E-state index contributed by atoms with van der Waals surface area (Å²) in [7, 11) is 4.00. The number of rotatable bonds is 4. The fourth-order valence-electron chi connectivity index (χ4n) is 4.06. The third kappa shape index (κ3) is 4.70. The summed E-state index contributed by atoms with van der Waals surface area (Å²) < 4.78 is 5.32. The van der Waals surface area contributed by atoms with Crippen LogP contribution in [0, 0.1) is 0 Å². The van der Waals surface area contributed by atoms with Gasteiger partial charge in [0, 0.05) is 44.7 Å². The molecule has 4 rings (SSSR count). The van der Waals surface area contributed by atoms with Crippen molar-refractivity contribution in [3.8, 4) is 0 Å². The van der Waals surface area contributed by atoms with E-state index in [2.05, 4.69) is 16.7 Å². The number of morpholine rings is 1. The van der Waals surface area contributed by atoms with Crippen LogP contribution in [0.4, 0.5) is 16.6 Å². The number of ether oxygens (including phenoxy) is 1. The van der Waals surface area contributed by atoms with Crippen LogP contribution in [0.25, 0.3) is 10.9 Å². The fraction of sp³-hybridized carbons (Fsp3) is 0.571. The van der Waals surface area contributed by atoms with Crippen molar-refractivity contribution in [1.29, 1.82) is 0 Å². The summed E-state index contributed by atoms with van der Waals surface area (Å²) in [4.78, 5) is 25.7. The highest BCUT2D eigenvalue weighted by molar-refractivity contribution is 5.90. The Kier molecular flexibility index (Phi) is 5.99. The van der Waals surface area contributed by atoms with Gasteiger partial charge < -0.3 is 25.2 Å². The Morgan fingerprint density at radius 2 is 1.76 bits per heavy atom. The van der Waals surface area contributed by atoms with Gasteiger partial charge in [-0.1, -0.05) is 12.1 Å². The van der Waals surface area contributed by atoms with Crippen LogP contribution in [0.2, 0.25) is 0 Å². The van der Waals surface area contributed by atoms with Crippen LogP contribution < -0.4 is 15.5 Å². The van der Waals surface area contributed by atoms with Crippen LogP contribution in [0.15, 0.2) is 24.3 Å². The molecule has 2 amide bonds. The van der Waals surface area contributed by atoms with Crippen molar-refractivity contribution in [2.45, 2.75) is 37.8 Å². The number of aromatic nitrogens is 2. The van der Waals surface area contributed by atoms with Crippen LogP contribution in [0.3, 0.4) is 0 Å². The molecule has 29 heavy (non-hydrogen) atoms. The normalized spacial score (nSPS) is 22.3. The zero-order valence-electron chi connectivity index (χ0n) is 17.2. The molecule has 8 heteroatoms. The van der Waals surface area contributed by atoms with Gasteiger partial charge in [-0.3, -0.25) is 0 Å². The molecule has 0 bridgehead atoms. The molecule has 2 aliphatic rings. The first-order valence-corrected chi connectivity index (χ1v) is 10.4. The van der Waals surface area contributed by atoms with Crippen LogP contribution in [0.1, 0.15) is 25.7 Å². The second kappa shape index (κ2) is 8.82. The second-order valence-corrected chi connectivity index (χ2v) is 8.02. The van der Waals surface area contributed by atoms with Crippen molar-refractivity contribution < 1.29 is 9.53 Å². The first kappa shape index (κ1) is 19.7. The third-order valence-electron chi connectivity index (χ3n) is 5.69. The molecule has 2 aromatic rings. The number of nitrogens with one attached hydrogen (secondary N) is 2. The minimum atomic E-state index is 0.0400. The van der Waals surface area contributed by atoms with E-state index in [-0.39, 0.29) is 12.1 Å². The van der Waals surface area contributed by atoms with Crippen molar-refractivity contribution in [2.75, 3.05) is 50.6 Å². The van der Waals surface area contributed by atoms with E-state index < -0.39 is 0 Å². The standard InChI is InChI=1S/C21H30N6O2/c1-26(2)19-17-5-3-4-6-18(17)24-20(25-19)22-15-7-9-16(10-8-15)23-21(28)27-11-13-29-14-12-27/h3-6,15-16H,7-14H2,1-2H3,(H,23,28)(H,22,24,25)/t15-,16+. The summed E-state index contributed by atoms with van der Waals surface area (Å²) >= 11 is 0. The zero-order chi connectivity index (χ0) is 20.2. The zero-order valence-corrected chi connectivity index (χ0v) is 17.2. The van der Waals surface area contributed by atoms with E-state index in [0.717, 1.165) is 42.4 Å². The van der Waals surface area contributed by atoms with Gasteiger partial charge in [-0.15, -0.1) is 0 Å². The molecule has 8 nitrogen and oxygen atoms in total. The maximum atomic E-state index is 12.4. The lowest BCUT2D eigenvalue weighted by Crippen LogP contribution is -2.50. The van der Waals surface area contributed by atoms with Crippen LogP contribution in [0.5, 0.6) is 0 Å². The average Bonchev–Trinajstić information content (AvgIpc) is 2.75. The molecule has 1 saturated carbocycles. The van der Waals surface area contributed by atoms with E-state index in [0.29, 0.717) is 38.3 Å². The van der Waals surface area contributed by atoms with E-state index in [9.17, 15) is 4.79 Å². The molecule has 1 aliphatic carbocycles. The first-order chi connectivity index (χ1) is 14.1. The lowest BCUT2D eigenvalue weighted by atomic mass is 9.91. The number of amides is 2. The molecule has 0 radical (unpaired) electrons. The molecule has 156 valence electrons. The Bertz CT molecular complexity index is 844. The SMILES string of the molecule is CN(C)c1nc(N[C@H]2CC[C@@H](NC(=O)N3CCOCC3)CC2)nc2ccccc12. The van der Waals surface area contributed by atoms with Crippen molar-refractivity contribution in [3.63, 3.8) is 0 Å². The third-order valence-corrected chi connectivity index (χ3v) is 5.69. The molecule has 1 saturated heterocycles. The van der Waals surface area contributed by atoms with E-state index in [1.807, 2.05) is 42.1 Å². The van der Waals surface area contributed by atoms with E-state index >= 15 is 0 Å². The van der Waals surface area contributed by atoms with E-state index in [4.69, 9.17) is 14.7 Å². The summed E-state index contributed by atoms with van der Waals surface area (Å²) in [6, 6.07) is 8.68. The predicted octanol–water partition coefficient (Wildman–Crippen LogP) is 2.46. The van der Waals surface area contributed by atoms with Crippen molar-refractivity contribution in [1.82, 2.24) is 20.2 Å². The molecule has 1 aliphatic heterocycles. The Labute approximate surface area is 171 Å². The van der Waals surface area contributed by atoms with Crippen LogP contribution in [-0.4, -0.2) is 73.4 Å². The minimum absolute atomic E-state index is 0.0400. The van der Waals surface area contributed by atoms with Gasteiger partial charge in [0.1, 0.15) is 5.82 Å². The number of fused-ring (bicyclic) bond motifs is 1. The number of anilines is 2. The topological polar surface area (TPSA) is 82.6 Å². The lowest BCUT2D eigenvalue weighted by Gasteiger charge is -2.33. The van der Waals surface area contributed by atoms with Crippen LogP contribution >= 0.6 is 0 Å². The highest BCUT2D eigenvalue weighted by Crippen LogP contribution is 2.26. The van der Waals surface area contributed by atoms with Gasteiger partial charge >= 0.3 is 6.03 Å². The Hall–Kier alpha value is -2.61. The predicted molar refractivity (Wildman–Crippen MR) is 114 cm³/mol. The molecule has 0 spiro atoms. The molecule has 2 fully saturated rings. The number of para-hydroxylation sites is 1. The van der Waals surface area contributed by atoms with Crippen molar-refractivity contribution >= 4 is 28.7 Å². The van der Waals surface area contributed by atoms with Gasteiger partial charge in [0.2, 0.25) is 5.95 Å². The van der Waals surface area contributed by atoms with Gasteiger partial charge in [-0.2, -0.15) is 4.98 Å². The van der Waals surface area contributed by atoms with E-state index in [1.165, 1.54) is 0 Å². The first-order valence-electron chi connectivity index (χ1n) is 10.4. The number of carbonyl (C=O) groups is 1. The Balaban J connectivity index is 1.34. The molecule has 1 aromatic heterocycles. The van der Waals surface area contributed by atoms with Gasteiger partial charge in [0.25, 0.3) is 0 Å². The van der Waals surface area contributed by atoms with Crippen LogP contribution in [-0.2, 0) is 4.74 Å². The summed E-state index contributed by atoms with van der Waals surface area (Å²) in [6.45, 7) is 2.61. The summed E-state index contributed by atoms with van der Waals surface area (Å²) in [6.07, 6.45) is 3.90. The maximum Gasteiger partial charge on any atom is 0.317 e. The number of hydrogen-bond acceptors (Lipinski definition) is 6. The lowest BCUT2D eigenvalue weighted by molar-refractivity contribution is 0.0521. The molecule has 2 heterocycles. The van der Waals surface area contributed by atoms with Gasteiger partial charge in [-0.25, -0.2) is 9.78 Å². The van der Waals surface area contributed by atoms with Crippen molar-refractivity contribution in [3.05, 3.63) is 24.3 Å². The quantitative estimate of drug-likeness (QED) is 0.823. The Morgan fingerprint density at radius 3 is 2.48 bits per heavy atom. The largest absolute Gasteiger partial charge is 0.378 e. The summed E-state index contributed by atoms with van der Waals surface area (Å²) in [5.41, 5.74) is 0.945. The number of nitrogens with zero attached hydrogens (tertiary/aromatic N) is 4. The molecular formula is C21H30N6O2. The minimum Gasteiger partial charge on any atom is -0.378 e.